The first kappa shape index (κ1) is 17.7. The third-order valence-electron chi connectivity index (χ3n) is 2.40. The molecule has 0 radical (unpaired) electrons. The van der Waals surface area contributed by atoms with Gasteiger partial charge in [-0.2, -0.15) is 0 Å². The largest absolute Gasteiger partial charge is 0.490 e. The third kappa shape index (κ3) is 6.43. The first-order chi connectivity index (χ1) is 10.2. The maximum Gasteiger partial charge on any atom is 0.407 e. The summed E-state index contributed by atoms with van der Waals surface area (Å²) in [4.78, 5) is 26.9. The van der Waals surface area contributed by atoms with Crippen molar-refractivity contribution in [3.63, 3.8) is 0 Å². The van der Waals surface area contributed by atoms with E-state index in [0.29, 0.717) is 11.3 Å². The summed E-state index contributed by atoms with van der Waals surface area (Å²) >= 11 is 0. The first-order valence-electron chi connectivity index (χ1n) is 6.87. The van der Waals surface area contributed by atoms with Gasteiger partial charge in [0.25, 0.3) is 0 Å². The highest BCUT2D eigenvalue weighted by Crippen LogP contribution is 2.12. The van der Waals surface area contributed by atoms with Crippen molar-refractivity contribution in [1.29, 1.82) is 0 Å². The summed E-state index contributed by atoms with van der Waals surface area (Å²) in [5.74, 6) is -0.0707. The lowest BCUT2D eigenvalue weighted by molar-refractivity contribution is 0.0493. The Labute approximate surface area is 130 Å². The van der Waals surface area contributed by atoms with Crippen molar-refractivity contribution in [2.75, 3.05) is 13.7 Å². The number of methoxy groups -OCH3 is 1. The first-order valence-corrected chi connectivity index (χ1v) is 6.87. The van der Waals surface area contributed by atoms with Crippen LogP contribution in [0.2, 0.25) is 0 Å². The van der Waals surface area contributed by atoms with Gasteiger partial charge in [0.05, 0.1) is 24.9 Å². The van der Waals surface area contributed by atoms with Crippen LogP contribution in [0.25, 0.3) is 0 Å². The van der Waals surface area contributed by atoms with Gasteiger partial charge in [-0.25, -0.2) is 9.59 Å². The van der Waals surface area contributed by atoms with Gasteiger partial charge in [-0.1, -0.05) is 0 Å². The van der Waals surface area contributed by atoms with E-state index in [1.54, 1.807) is 27.7 Å². The summed E-state index contributed by atoms with van der Waals surface area (Å²) in [5.41, 5.74) is -0.253. The summed E-state index contributed by atoms with van der Waals surface area (Å²) in [5, 5.41) is 2.66. The molecule has 122 valence electrons. The molecule has 1 aromatic rings. The van der Waals surface area contributed by atoms with Crippen LogP contribution in [0.3, 0.4) is 0 Å². The number of nitrogens with one attached hydrogen (secondary N) is 1. The van der Waals surface area contributed by atoms with Crippen LogP contribution in [0.1, 0.15) is 38.1 Å². The maximum atomic E-state index is 11.6. The quantitative estimate of drug-likeness (QED) is 0.839. The molecule has 0 aromatic carbocycles. The molecule has 1 rings (SSSR count). The normalized spacial score (nSPS) is 12.2. The number of esters is 1. The van der Waals surface area contributed by atoms with Crippen LogP contribution in [0.5, 0.6) is 5.75 Å². The fourth-order valence-electron chi connectivity index (χ4n) is 1.50. The molecule has 0 aliphatic rings. The average Bonchev–Trinajstić information content (AvgIpc) is 2.42. The summed E-state index contributed by atoms with van der Waals surface area (Å²) in [6, 6.07) is 1.26. The van der Waals surface area contributed by atoms with E-state index in [1.807, 2.05) is 0 Å². The van der Waals surface area contributed by atoms with E-state index in [2.05, 4.69) is 15.0 Å². The Morgan fingerprint density at radius 3 is 2.59 bits per heavy atom. The average molecular weight is 310 g/mol. The Morgan fingerprint density at radius 1 is 1.32 bits per heavy atom. The molecule has 7 nitrogen and oxygen atoms in total. The molecule has 1 heterocycles. The summed E-state index contributed by atoms with van der Waals surface area (Å²) in [6.07, 6.45) is 2.36. The number of rotatable bonds is 5. The zero-order chi connectivity index (χ0) is 16.8. The lowest BCUT2D eigenvalue weighted by atomic mass is 10.2. The SMILES string of the molecule is COC(=O)c1cncc(OC[C@H](C)NC(=O)OC(C)(C)C)c1. The van der Waals surface area contributed by atoms with Crippen molar-refractivity contribution >= 4 is 12.1 Å². The summed E-state index contributed by atoms with van der Waals surface area (Å²) in [7, 11) is 1.29. The van der Waals surface area contributed by atoms with E-state index in [4.69, 9.17) is 9.47 Å². The number of pyridine rings is 1. The van der Waals surface area contributed by atoms with Gasteiger partial charge in [-0.05, 0) is 33.8 Å². The van der Waals surface area contributed by atoms with E-state index in [1.165, 1.54) is 25.6 Å². The number of hydrogen-bond acceptors (Lipinski definition) is 6. The minimum atomic E-state index is -0.552. The highest BCUT2D eigenvalue weighted by Gasteiger charge is 2.18. The van der Waals surface area contributed by atoms with E-state index in [-0.39, 0.29) is 12.6 Å². The topological polar surface area (TPSA) is 86.8 Å². The van der Waals surface area contributed by atoms with Crippen LogP contribution in [0.4, 0.5) is 4.79 Å². The van der Waals surface area contributed by atoms with Crippen molar-refractivity contribution in [3.05, 3.63) is 24.0 Å². The fraction of sp³-hybridized carbons (Fsp3) is 0.533. The van der Waals surface area contributed by atoms with Gasteiger partial charge in [0.1, 0.15) is 18.0 Å². The zero-order valence-corrected chi connectivity index (χ0v) is 13.5. The zero-order valence-electron chi connectivity index (χ0n) is 13.5. The molecule has 1 atom stereocenters. The number of alkyl carbamates (subject to hydrolysis) is 1. The van der Waals surface area contributed by atoms with Crippen LogP contribution >= 0.6 is 0 Å². The van der Waals surface area contributed by atoms with Gasteiger partial charge in [0, 0.05) is 6.20 Å². The third-order valence-corrected chi connectivity index (χ3v) is 2.40. The molecule has 0 saturated heterocycles. The maximum absolute atomic E-state index is 11.6. The molecule has 1 aromatic heterocycles. The number of carbonyl (C=O) groups excluding carboxylic acids is 2. The Balaban J connectivity index is 2.49. The summed E-state index contributed by atoms with van der Waals surface area (Å²) in [6.45, 7) is 7.36. The van der Waals surface area contributed by atoms with Crippen LogP contribution in [0, 0.1) is 0 Å². The standard InChI is InChI=1S/C15H22N2O5/c1-10(17-14(19)22-15(2,3)4)9-21-12-6-11(7-16-8-12)13(18)20-5/h6-8,10H,9H2,1-5H3,(H,17,19)/t10-/m0/s1. The molecule has 0 spiro atoms. The van der Waals surface area contributed by atoms with Crippen LogP contribution < -0.4 is 10.1 Å². The van der Waals surface area contributed by atoms with E-state index in [9.17, 15) is 9.59 Å². The van der Waals surface area contributed by atoms with Crippen molar-refractivity contribution in [3.8, 4) is 5.75 Å². The second-order valence-electron chi connectivity index (χ2n) is 5.76. The van der Waals surface area contributed by atoms with Crippen molar-refractivity contribution < 1.29 is 23.8 Å². The molecule has 0 fully saturated rings. The van der Waals surface area contributed by atoms with Gasteiger partial charge in [-0.3, -0.25) is 4.98 Å². The molecule has 0 saturated carbocycles. The smallest absolute Gasteiger partial charge is 0.407 e. The molecular formula is C15H22N2O5. The Kier molecular flexibility index (Phi) is 6.15. The Hall–Kier alpha value is -2.31. The highest BCUT2D eigenvalue weighted by atomic mass is 16.6. The Morgan fingerprint density at radius 2 is 2.00 bits per heavy atom. The second-order valence-corrected chi connectivity index (χ2v) is 5.76. The molecule has 7 heteroatoms. The number of carbonyl (C=O) groups is 2. The van der Waals surface area contributed by atoms with Gasteiger partial charge in [-0.15, -0.1) is 0 Å². The number of aromatic nitrogens is 1. The number of ether oxygens (including phenoxy) is 3. The van der Waals surface area contributed by atoms with Crippen molar-refractivity contribution in [2.45, 2.75) is 39.3 Å². The van der Waals surface area contributed by atoms with Crippen molar-refractivity contribution in [2.24, 2.45) is 0 Å². The molecule has 0 bridgehead atoms. The molecule has 22 heavy (non-hydrogen) atoms. The molecule has 0 aliphatic heterocycles. The molecular weight excluding hydrogens is 288 g/mol. The van der Waals surface area contributed by atoms with Gasteiger partial charge in [0.2, 0.25) is 0 Å². The van der Waals surface area contributed by atoms with E-state index in [0.717, 1.165) is 0 Å². The van der Waals surface area contributed by atoms with E-state index >= 15 is 0 Å². The second kappa shape index (κ2) is 7.63. The predicted octanol–water partition coefficient (Wildman–Crippen LogP) is 2.16. The predicted molar refractivity (Wildman–Crippen MR) is 79.9 cm³/mol. The highest BCUT2D eigenvalue weighted by molar-refractivity contribution is 5.89. The molecule has 0 unspecified atom stereocenters. The minimum Gasteiger partial charge on any atom is -0.490 e. The lowest BCUT2D eigenvalue weighted by Crippen LogP contribution is -2.40. The van der Waals surface area contributed by atoms with Gasteiger partial charge >= 0.3 is 12.1 Å². The minimum absolute atomic E-state index is 0.214. The van der Waals surface area contributed by atoms with Crippen molar-refractivity contribution in [1.82, 2.24) is 10.3 Å². The van der Waals surface area contributed by atoms with E-state index < -0.39 is 17.7 Å². The number of hydrogen-bond donors (Lipinski definition) is 1. The molecule has 1 amide bonds. The number of amides is 1. The molecule has 1 N–H and O–H groups in total. The van der Waals surface area contributed by atoms with Gasteiger partial charge < -0.3 is 19.5 Å². The fourth-order valence-corrected chi connectivity index (χ4v) is 1.50. The Bertz CT molecular complexity index is 525. The van der Waals surface area contributed by atoms with Crippen LogP contribution in [0.15, 0.2) is 18.5 Å². The van der Waals surface area contributed by atoms with Gasteiger partial charge in [0.15, 0.2) is 0 Å². The summed E-state index contributed by atoms with van der Waals surface area (Å²) < 4.78 is 15.2. The monoisotopic (exact) mass is 310 g/mol. The number of nitrogens with zero attached hydrogens (tertiary/aromatic N) is 1. The van der Waals surface area contributed by atoms with Crippen LogP contribution in [-0.2, 0) is 9.47 Å². The van der Waals surface area contributed by atoms with Crippen LogP contribution in [-0.4, -0.2) is 42.4 Å². The molecule has 0 aliphatic carbocycles. The lowest BCUT2D eigenvalue weighted by Gasteiger charge is -2.22.